The number of rotatable bonds is 18. The van der Waals surface area contributed by atoms with Gasteiger partial charge in [-0.15, -0.1) is 0 Å². The molecule has 0 bridgehead atoms. The molecule has 27 heavy (non-hydrogen) atoms. The first-order valence-electron chi connectivity index (χ1n) is 11.9. The molecule has 0 aromatic rings. The van der Waals surface area contributed by atoms with E-state index in [2.05, 4.69) is 34.6 Å². The molecule has 0 aliphatic carbocycles. The summed E-state index contributed by atoms with van der Waals surface area (Å²) in [6.45, 7) is 9.07. The van der Waals surface area contributed by atoms with Crippen molar-refractivity contribution < 1.29 is 14.1 Å². The van der Waals surface area contributed by atoms with Crippen molar-refractivity contribution in [2.24, 2.45) is 0 Å². The summed E-state index contributed by atoms with van der Waals surface area (Å²) in [6, 6.07) is 0. The zero-order valence-electron chi connectivity index (χ0n) is 19.2. The van der Waals surface area contributed by atoms with Gasteiger partial charge in [-0.25, -0.2) is 0 Å². The fourth-order valence-corrected chi connectivity index (χ4v) is 10.6. The molecule has 0 unspecified atom stereocenters. The summed E-state index contributed by atoms with van der Waals surface area (Å²) >= 11 is 0. The Hall–Kier alpha value is -0.300. The molecule has 0 aliphatic rings. The van der Waals surface area contributed by atoms with Crippen LogP contribution in [0.15, 0.2) is 0 Å². The van der Waals surface area contributed by atoms with Gasteiger partial charge in [-0.3, -0.25) is 0 Å². The van der Waals surface area contributed by atoms with Crippen LogP contribution >= 0.6 is 6.83 Å². The second-order valence-corrected chi connectivity index (χ2v) is 14.1. The number of ether oxygens (including phenoxy) is 1. The van der Waals surface area contributed by atoms with E-state index in [-0.39, 0.29) is 6.16 Å². The summed E-state index contributed by atoms with van der Waals surface area (Å²) in [7, 11) is 0. The first-order valence-corrected chi connectivity index (χ1v) is 14.8. The second-order valence-electron chi connectivity index (χ2n) is 8.42. The monoisotopic (exact) mass is 404 g/mol. The van der Waals surface area contributed by atoms with E-state index in [1.165, 1.54) is 64.2 Å². The van der Waals surface area contributed by atoms with Crippen LogP contribution in [0.25, 0.3) is 0 Å². The van der Waals surface area contributed by atoms with Crippen molar-refractivity contribution in [2.45, 2.75) is 112 Å². The molecular formula is C23H49O3P. The number of hydrogen-bond acceptors (Lipinski definition) is 3. The van der Waals surface area contributed by atoms with Gasteiger partial charge in [-0.05, 0) is 0 Å². The molecule has 4 heteroatoms. The zero-order chi connectivity index (χ0) is 20.5. The summed E-state index contributed by atoms with van der Waals surface area (Å²) in [5, 5.41) is 0. The minimum atomic E-state index is -2.55. The molecule has 0 aliphatic heterocycles. The maximum atomic E-state index is 12.7. The van der Waals surface area contributed by atoms with E-state index in [4.69, 9.17) is 9.26 Å². The minimum absolute atomic E-state index is 0.375. The second kappa shape index (κ2) is 15.6. The number of carbonyl (C=O) groups is 1. The molecule has 0 rings (SSSR count). The Kier molecular flexibility index (Phi) is 15.4. The predicted molar refractivity (Wildman–Crippen MR) is 123 cm³/mol. The quantitative estimate of drug-likeness (QED) is 0.131. The van der Waals surface area contributed by atoms with Gasteiger partial charge in [-0.2, -0.15) is 0 Å². The molecule has 0 heterocycles. The zero-order valence-corrected chi connectivity index (χ0v) is 20.1. The average Bonchev–Trinajstić information content (AvgIpc) is 2.67. The Labute approximate surface area is 170 Å². The Morgan fingerprint density at radius 1 is 0.593 bits per heavy atom. The SMILES string of the molecule is CCCCCCP(CCCC)(CCCC)(CCCC)OC(=O)OCCCC. The van der Waals surface area contributed by atoms with Crippen LogP contribution in [0.1, 0.15) is 112 Å². The van der Waals surface area contributed by atoms with Crippen molar-refractivity contribution in [3.63, 3.8) is 0 Å². The molecule has 164 valence electrons. The number of carbonyl (C=O) groups excluding carboxylic acids is 1. The van der Waals surface area contributed by atoms with Crippen molar-refractivity contribution in [1.82, 2.24) is 0 Å². The van der Waals surface area contributed by atoms with Crippen LogP contribution in [0.4, 0.5) is 4.79 Å². The Morgan fingerprint density at radius 3 is 1.48 bits per heavy atom. The molecular weight excluding hydrogens is 355 g/mol. The Balaban J connectivity index is 5.56. The molecule has 0 saturated carbocycles. The fourth-order valence-electron chi connectivity index (χ4n) is 4.00. The standard InChI is InChI=1S/C23H49O3P/c1-6-11-16-17-22-27(19-13-8-3,20-14-9-4,21-15-10-5)26-23(24)25-18-12-7-2/h6-22H2,1-5H3. The molecule has 0 aromatic carbocycles. The summed E-state index contributed by atoms with van der Waals surface area (Å²) < 4.78 is 12.0. The fraction of sp³-hybridized carbons (Fsp3) is 0.957. The van der Waals surface area contributed by atoms with Gasteiger partial charge in [0, 0.05) is 0 Å². The summed E-state index contributed by atoms with van der Waals surface area (Å²) in [6.07, 6.45) is 18.0. The van der Waals surface area contributed by atoms with E-state index in [9.17, 15) is 4.79 Å². The van der Waals surface area contributed by atoms with Gasteiger partial charge in [0.1, 0.15) is 0 Å². The third kappa shape index (κ3) is 10.7. The topological polar surface area (TPSA) is 35.5 Å². The van der Waals surface area contributed by atoms with Gasteiger partial charge >= 0.3 is 170 Å². The van der Waals surface area contributed by atoms with Gasteiger partial charge in [0.15, 0.2) is 0 Å². The molecule has 0 amide bonds. The van der Waals surface area contributed by atoms with E-state index >= 15 is 0 Å². The van der Waals surface area contributed by atoms with Gasteiger partial charge in [0.2, 0.25) is 0 Å². The third-order valence-electron chi connectivity index (χ3n) is 5.86. The van der Waals surface area contributed by atoms with E-state index in [0.29, 0.717) is 6.61 Å². The van der Waals surface area contributed by atoms with E-state index in [0.717, 1.165) is 37.5 Å². The molecule has 0 fully saturated rings. The number of hydrogen-bond donors (Lipinski definition) is 0. The van der Waals surface area contributed by atoms with Crippen LogP contribution < -0.4 is 0 Å². The normalized spacial score (nSPS) is 13.1. The Morgan fingerprint density at radius 2 is 1.04 bits per heavy atom. The van der Waals surface area contributed by atoms with Gasteiger partial charge < -0.3 is 0 Å². The van der Waals surface area contributed by atoms with Gasteiger partial charge in [-0.1, -0.05) is 0 Å². The molecule has 0 atom stereocenters. The molecule has 0 saturated heterocycles. The average molecular weight is 405 g/mol. The first kappa shape index (κ1) is 26.7. The van der Waals surface area contributed by atoms with Crippen molar-refractivity contribution in [3.05, 3.63) is 0 Å². The van der Waals surface area contributed by atoms with E-state index in [1.54, 1.807) is 0 Å². The molecule has 3 nitrogen and oxygen atoms in total. The number of unbranched alkanes of at least 4 members (excludes halogenated alkanes) is 7. The first-order chi connectivity index (χ1) is 13.0. The van der Waals surface area contributed by atoms with Crippen LogP contribution in [-0.4, -0.2) is 37.4 Å². The van der Waals surface area contributed by atoms with Crippen molar-refractivity contribution in [3.8, 4) is 0 Å². The molecule has 0 N–H and O–H groups in total. The van der Waals surface area contributed by atoms with Crippen LogP contribution in [0.5, 0.6) is 0 Å². The van der Waals surface area contributed by atoms with Crippen LogP contribution in [0, 0.1) is 0 Å². The van der Waals surface area contributed by atoms with E-state index < -0.39 is 6.83 Å². The van der Waals surface area contributed by atoms with Crippen molar-refractivity contribution in [2.75, 3.05) is 31.3 Å². The molecule has 0 radical (unpaired) electrons. The van der Waals surface area contributed by atoms with Crippen molar-refractivity contribution >= 4 is 13.0 Å². The predicted octanol–water partition coefficient (Wildman–Crippen LogP) is 8.39. The summed E-state index contributed by atoms with van der Waals surface area (Å²) in [5.74, 6) is 0. The van der Waals surface area contributed by atoms with Crippen LogP contribution in [0.3, 0.4) is 0 Å². The van der Waals surface area contributed by atoms with Crippen LogP contribution in [-0.2, 0) is 9.26 Å². The summed E-state index contributed by atoms with van der Waals surface area (Å²) in [5.41, 5.74) is 0. The maximum absolute atomic E-state index is 12.7. The third-order valence-corrected chi connectivity index (χ3v) is 12.3. The molecule has 0 spiro atoms. The Bertz CT molecular complexity index is 346. The van der Waals surface area contributed by atoms with Gasteiger partial charge in [0.05, 0.1) is 0 Å². The molecule has 0 aromatic heterocycles. The van der Waals surface area contributed by atoms with E-state index in [1.807, 2.05) is 0 Å². The summed E-state index contributed by atoms with van der Waals surface area (Å²) in [4.78, 5) is 12.7. The van der Waals surface area contributed by atoms with Crippen molar-refractivity contribution in [1.29, 1.82) is 0 Å². The van der Waals surface area contributed by atoms with Crippen LogP contribution in [0.2, 0.25) is 0 Å². The van der Waals surface area contributed by atoms with Gasteiger partial charge in [0.25, 0.3) is 0 Å².